The van der Waals surface area contributed by atoms with Gasteiger partial charge in [0.25, 0.3) is 11.8 Å². The van der Waals surface area contributed by atoms with E-state index in [1.165, 1.54) is 12.1 Å². The highest BCUT2D eigenvalue weighted by atomic mass is 35.5. The standard InChI is InChI=1S/C22H16Cl2N4O5/c1-2-30-18-12-20(24)26-28-22(18)33-17-10-6-4-8-15(17)31-14-7-3-5-9-16(14)32-21-13(29)11-19(23)25-27-21/h3-12H,2H2,1H3,(H,25,29). The number of halogens is 2. The van der Waals surface area contributed by atoms with E-state index in [2.05, 4.69) is 20.4 Å². The number of para-hydroxylation sites is 4. The normalized spacial score (nSPS) is 10.5. The number of nitrogens with zero attached hydrogens (tertiary/aromatic N) is 3. The first-order valence-electron chi connectivity index (χ1n) is 9.66. The monoisotopic (exact) mass is 486 g/mol. The molecule has 2 aromatic carbocycles. The van der Waals surface area contributed by atoms with E-state index in [4.69, 9.17) is 42.1 Å². The summed E-state index contributed by atoms with van der Waals surface area (Å²) in [6, 6.07) is 16.4. The lowest BCUT2D eigenvalue weighted by atomic mass is 10.3. The first kappa shape index (κ1) is 22.4. The lowest BCUT2D eigenvalue weighted by Gasteiger charge is -2.15. The van der Waals surface area contributed by atoms with Crippen molar-refractivity contribution in [1.82, 2.24) is 20.4 Å². The maximum absolute atomic E-state index is 12.1. The van der Waals surface area contributed by atoms with Crippen LogP contribution >= 0.6 is 23.2 Å². The summed E-state index contributed by atoms with van der Waals surface area (Å²) >= 11 is 11.7. The summed E-state index contributed by atoms with van der Waals surface area (Å²) in [6.45, 7) is 2.21. The molecule has 0 aliphatic carbocycles. The number of rotatable bonds is 8. The molecule has 33 heavy (non-hydrogen) atoms. The number of H-pyrrole nitrogens is 1. The van der Waals surface area contributed by atoms with Crippen molar-refractivity contribution in [3.8, 4) is 40.5 Å². The van der Waals surface area contributed by atoms with Crippen LogP contribution in [0.25, 0.3) is 0 Å². The molecular weight excluding hydrogens is 471 g/mol. The third-order valence-corrected chi connectivity index (χ3v) is 4.44. The Hall–Kier alpha value is -3.82. The molecule has 0 radical (unpaired) electrons. The number of aromatic nitrogens is 4. The fourth-order valence-corrected chi connectivity index (χ4v) is 2.95. The average Bonchev–Trinajstić information content (AvgIpc) is 2.80. The summed E-state index contributed by atoms with van der Waals surface area (Å²) in [5.74, 6) is 1.55. The molecule has 0 saturated carbocycles. The van der Waals surface area contributed by atoms with Crippen LogP contribution in [0.4, 0.5) is 0 Å². The minimum absolute atomic E-state index is 0.0969. The number of hydrogen-bond acceptors (Lipinski definition) is 8. The summed E-state index contributed by atoms with van der Waals surface area (Å²) in [6.07, 6.45) is 0. The van der Waals surface area contributed by atoms with Crippen LogP contribution in [0, 0.1) is 0 Å². The minimum Gasteiger partial charge on any atom is -0.488 e. The first-order chi connectivity index (χ1) is 16.0. The zero-order valence-electron chi connectivity index (χ0n) is 17.1. The summed E-state index contributed by atoms with van der Waals surface area (Å²) in [7, 11) is 0. The fraction of sp³-hybridized carbons (Fsp3) is 0.0909. The van der Waals surface area contributed by atoms with Gasteiger partial charge in [-0.3, -0.25) is 9.89 Å². The fourth-order valence-electron chi connectivity index (χ4n) is 2.68. The second kappa shape index (κ2) is 10.2. The van der Waals surface area contributed by atoms with Gasteiger partial charge in [-0.25, -0.2) is 0 Å². The summed E-state index contributed by atoms with van der Waals surface area (Å²) in [4.78, 5) is 12.1. The van der Waals surface area contributed by atoms with Gasteiger partial charge < -0.3 is 18.9 Å². The molecule has 9 nitrogen and oxygen atoms in total. The highest BCUT2D eigenvalue weighted by molar-refractivity contribution is 6.29. The predicted molar refractivity (Wildman–Crippen MR) is 121 cm³/mol. The van der Waals surface area contributed by atoms with Crippen LogP contribution in [0.1, 0.15) is 6.92 Å². The molecule has 0 saturated heterocycles. The number of nitrogens with one attached hydrogen (secondary N) is 1. The Morgan fingerprint density at radius 1 is 0.788 bits per heavy atom. The number of benzene rings is 2. The van der Waals surface area contributed by atoms with Crippen molar-refractivity contribution in [2.24, 2.45) is 0 Å². The highest BCUT2D eigenvalue weighted by Gasteiger charge is 2.16. The van der Waals surface area contributed by atoms with Crippen LogP contribution in [-0.2, 0) is 0 Å². The van der Waals surface area contributed by atoms with Crippen LogP contribution in [-0.4, -0.2) is 27.0 Å². The minimum atomic E-state index is -0.484. The van der Waals surface area contributed by atoms with Gasteiger partial charge >= 0.3 is 0 Å². The molecule has 0 bridgehead atoms. The van der Waals surface area contributed by atoms with Crippen LogP contribution in [0.15, 0.2) is 65.5 Å². The Kier molecular flexibility index (Phi) is 6.92. The number of hydrogen-bond donors (Lipinski definition) is 1. The van der Waals surface area contributed by atoms with Gasteiger partial charge in [0.1, 0.15) is 5.15 Å². The topological polar surface area (TPSA) is 108 Å². The zero-order valence-corrected chi connectivity index (χ0v) is 18.6. The average molecular weight is 487 g/mol. The summed E-state index contributed by atoms with van der Waals surface area (Å²) in [5, 5.41) is 14.3. The molecular formula is C22H16Cl2N4O5. The van der Waals surface area contributed by atoms with E-state index in [9.17, 15) is 4.79 Å². The van der Waals surface area contributed by atoms with Crippen molar-refractivity contribution in [2.75, 3.05) is 6.61 Å². The van der Waals surface area contributed by atoms with Crippen LogP contribution in [0.5, 0.6) is 40.5 Å². The molecule has 0 unspecified atom stereocenters. The molecule has 4 aromatic rings. The largest absolute Gasteiger partial charge is 0.488 e. The molecule has 0 atom stereocenters. The van der Waals surface area contributed by atoms with E-state index in [1.807, 2.05) is 6.92 Å². The van der Waals surface area contributed by atoms with E-state index >= 15 is 0 Å². The van der Waals surface area contributed by atoms with Gasteiger partial charge in [-0.15, -0.1) is 15.3 Å². The van der Waals surface area contributed by atoms with Gasteiger partial charge in [-0.05, 0) is 31.2 Å². The van der Waals surface area contributed by atoms with Gasteiger partial charge in [0.2, 0.25) is 5.43 Å². The second-order valence-corrected chi connectivity index (χ2v) is 7.15. The Balaban J connectivity index is 1.62. The van der Waals surface area contributed by atoms with E-state index in [0.717, 1.165) is 0 Å². The van der Waals surface area contributed by atoms with E-state index in [1.54, 1.807) is 48.5 Å². The molecule has 0 spiro atoms. The van der Waals surface area contributed by atoms with Gasteiger partial charge in [-0.2, -0.15) is 0 Å². The molecule has 0 fully saturated rings. The van der Waals surface area contributed by atoms with Gasteiger partial charge in [0.15, 0.2) is 33.9 Å². The van der Waals surface area contributed by atoms with E-state index in [0.29, 0.717) is 29.6 Å². The molecule has 11 heteroatoms. The highest BCUT2D eigenvalue weighted by Crippen LogP contribution is 2.40. The van der Waals surface area contributed by atoms with Crippen LogP contribution in [0.2, 0.25) is 10.3 Å². The SMILES string of the molecule is CCOc1cc(Cl)nnc1Oc1ccccc1Oc1ccccc1Oc1n[nH]c(Cl)cc1=O. The van der Waals surface area contributed by atoms with Gasteiger partial charge in [0, 0.05) is 12.1 Å². The molecule has 168 valence electrons. The third kappa shape index (κ3) is 5.51. The smallest absolute Gasteiger partial charge is 0.285 e. The van der Waals surface area contributed by atoms with Crippen molar-refractivity contribution >= 4 is 23.2 Å². The molecule has 4 rings (SSSR count). The van der Waals surface area contributed by atoms with Gasteiger partial charge in [-0.1, -0.05) is 47.5 Å². The van der Waals surface area contributed by atoms with E-state index < -0.39 is 5.43 Å². The lowest BCUT2D eigenvalue weighted by molar-refractivity contribution is 0.310. The van der Waals surface area contributed by atoms with E-state index in [-0.39, 0.29) is 27.8 Å². The predicted octanol–water partition coefficient (Wildman–Crippen LogP) is 5.64. The van der Waals surface area contributed by atoms with Crippen molar-refractivity contribution in [3.63, 3.8) is 0 Å². The Morgan fingerprint density at radius 3 is 1.94 bits per heavy atom. The van der Waals surface area contributed by atoms with Crippen LogP contribution < -0.4 is 24.4 Å². The maximum Gasteiger partial charge on any atom is 0.285 e. The number of ether oxygens (including phenoxy) is 4. The Morgan fingerprint density at radius 2 is 1.36 bits per heavy atom. The second-order valence-electron chi connectivity index (χ2n) is 6.35. The Labute approximate surface area is 197 Å². The summed E-state index contributed by atoms with van der Waals surface area (Å²) < 4.78 is 23.1. The van der Waals surface area contributed by atoms with Crippen molar-refractivity contribution < 1.29 is 18.9 Å². The molecule has 2 heterocycles. The van der Waals surface area contributed by atoms with Gasteiger partial charge in [0.05, 0.1) is 6.61 Å². The molecule has 0 aliphatic rings. The van der Waals surface area contributed by atoms with Crippen molar-refractivity contribution in [2.45, 2.75) is 6.92 Å². The quantitative estimate of drug-likeness (QED) is 0.340. The zero-order chi connectivity index (χ0) is 23.2. The third-order valence-electron chi connectivity index (χ3n) is 4.06. The first-order valence-corrected chi connectivity index (χ1v) is 10.4. The molecule has 0 aliphatic heterocycles. The maximum atomic E-state index is 12.1. The summed E-state index contributed by atoms with van der Waals surface area (Å²) in [5.41, 5.74) is -0.484. The number of aromatic amines is 1. The van der Waals surface area contributed by atoms with Crippen molar-refractivity contribution in [1.29, 1.82) is 0 Å². The van der Waals surface area contributed by atoms with Crippen molar-refractivity contribution in [3.05, 3.63) is 81.2 Å². The Bertz CT molecular complexity index is 1330. The molecule has 0 amide bonds. The van der Waals surface area contributed by atoms with Crippen LogP contribution in [0.3, 0.4) is 0 Å². The molecule has 2 aromatic heterocycles. The molecule has 1 N–H and O–H groups in total. The lowest BCUT2D eigenvalue weighted by Crippen LogP contribution is -2.07.